The average molecular weight is 495 g/mol. The summed E-state index contributed by atoms with van der Waals surface area (Å²) in [5.74, 6) is -3.34. The van der Waals surface area contributed by atoms with Crippen molar-refractivity contribution in [3.05, 3.63) is 11.1 Å². The molecule has 2 bridgehead atoms. The van der Waals surface area contributed by atoms with Crippen molar-refractivity contribution < 1.29 is 43.6 Å². The molecule has 2 N–H and O–H groups in total. The third-order valence-corrected chi connectivity index (χ3v) is 8.52. The fraction of sp³-hybridized carbons (Fsp3) is 0.769. The Bertz CT molecular complexity index is 950. The molecule has 0 aromatic rings. The van der Waals surface area contributed by atoms with Gasteiger partial charge in [-0.05, 0) is 48.2 Å². The minimum atomic E-state index is -1.95. The van der Waals surface area contributed by atoms with E-state index in [1.54, 1.807) is 6.92 Å². The lowest BCUT2D eigenvalue weighted by Crippen LogP contribution is -2.68. The number of carbonyl (C=O) groups is 4. The Labute approximate surface area is 206 Å². The molecular weight excluding hydrogens is 456 g/mol. The molecule has 0 aromatic heterocycles. The predicted molar refractivity (Wildman–Crippen MR) is 124 cm³/mol. The van der Waals surface area contributed by atoms with Gasteiger partial charge in [-0.3, -0.25) is 19.2 Å². The number of aliphatic hydroxyl groups excluding tert-OH is 1. The highest BCUT2D eigenvalue weighted by Crippen LogP contribution is 2.60. The fourth-order valence-electron chi connectivity index (χ4n) is 7.02. The molecule has 35 heavy (non-hydrogen) atoms. The molecule has 3 aliphatic carbocycles. The summed E-state index contributed by atoms with van der Waals surface area (Å²) in [5.41, 5.74) is -2.27. The van der Waals surface area contributed by atoms with Crippen LogP contribution in [0.15, 0.2) is 11.1 Å². The van der Waals surface area contributed by atoms with Crippen LogP contribution in [0.2, 0.25) is 0 Å². The highest BCUT2D eigenvalue weighted by atomic mass is 16.6. The van der Waals surface area contributed by atoms with Crippen molar-refractivity contribution in [1.82, 2.24) is 0 Å². The van der Waals surface area contributed by atoms with E-state index in [1.807, 2.05) is 20.8 Å². The molecular formula is C26H38O9. The quantitative estimate of drug-likeness (QED) is 0.445. The summed E-state index contributed by atoms with van der Waals surface area (Å²) in [6.45, 7) is 10.8. The topological polar surface area (TPSA) is 136 Å². The summed E-state index contributed by atoms with van der Waals surface area (Å²) in [6.07, 6.45) is -2.04. The number of esters is 3. The molecule has 3 aliphatic rings. The number of carbonyl (C=O) groups excluding carboxylic acids is 4. The van der Waals surface area contributed by atoms with E-state index in [0.29, 0.717) is 17.6 Å². The molecule has 0 heterocycles. The smallest absolute Gasteiger partial charge is 0.303 e. The number of ketones is 1. The Morgan fingerprint density at radius 3 is 2.17 bits per heavy atom. The van der Waals surface area contributed by atoms with Crippen LogP contribution in [0.3, 0.4) is 0 Å². The van der Waals surface area contributed by atoms with Gasteiger partial charge in [-0.15, -0.1) is 0 Å². The fourth-order valence-corrected chi connectivity index (χ4v) is 7.02. The second-order valence-electron chi connectivity index (χ2n) is 11.3. The molecule has 0 spiro atoms. The molecule has 196 valence electrons. The van der Waals surface area contributed by atoms with Crippen molar-refractivity contribution in [2.45, 2.75) is 98.1 Å². The lowest BCUT2D eigenvalue weighted by molar-refractivity contribution is -0.250. The summed E-state index contributed by atoms with van der Waals surface area (Å²) >= 11 is 0. The summed E-state index contributed by atoms with van der Waals surface area (Å²) in [5, 5.41) is 23.0. The monoisotopic (exact) mass is 494 g/mol. The van der Waals surface area contributed by atoms with Crippen LogP contribution in [0, 0.1) is 22.7 Å². The van der Waals surface area contributed by atoms with Gasteiger partial charge in [-0.2, -0.15) is 0 Å². The minimum Gasteiger partial charge on any atom is -0.463 e. The van der Waals surface area contributed by atoms with Gasteiger partial charge in [0.1, 0.15) is 24.4 Å². The maximum atomic E-state index is 13.2. The molecule has 2 fully saturated rings. The van der Waals surface area contributed by atoms with E-state index in [4.69, 9.17) is 14.2 Å². The Kier molecular flexibility index (Phi) is 7.27. The van der Waals surface area contributed by atoms with Crippen LogP contribution in [0.5, 0.6) is 0 Å². The van der Waals surface area contributed by atoms with Crippen LogP contribution >= 0.6 is 0 Å². The van der Waals surface area contributed by atoms with E-state index in [2.05, 4.69) is 0 Å². The van der Waals surface area contributed by atoms with Crippen LogP contribution in [0.25, 0.3) is 0 Å². The molecule has 2 saturated carbocycles. The molecule has 0 unspecified atom stereocenters. The zero-order valence-electron chi connectivity index (χ0n) is 21.7. The molecule has 9 heteroatoms. The van der Waals surface area contributed by atoms with Crippen molar-refractivity contribution in [2.24, 2.45) is 22.7 Å². The number of hydrogen-bond acceptors (Lipinski definition) is 9. The first kappa shape index (κ1) is 27.3. The summed E-state index contributed by atoms with van der Waals surface area (Å²) < 4.78 is 16.9. The van der Waals surface area contributed by atoms with Gasteiger partial charge in [0.15, 0.2) is 5.78 Å². The number of Topliss-reactive ketones (excluding diaryl/α,β-unsaturated/α-hetero) is 1. The third-order valence-electron chi connectivity index (χ3n) is 8.52. The van der Waals surface area contributed by atoms with Crippen molar-refractivity contribution in [2.75, 3.05) is 6.61 Å². The summed E-state index contributed by atoms with van der Waals surface area (Å²) in [6, 6.07) is 0. The van der Waals surface area contributed by atoms with Gasteiger partial charge >= 0.3 is 17.9 Å². The number of ether oxygens (including phenoxy) is 3. The lowest BCUT2D eigenvalue weighted by Gasteiger charge is -2.60. The number of aliphatic hydroxyl groups is 2. The van der Waals surface area contributed by atoms with Crippen LogP contribution in [0.1, 0.15) is 74.1 Å². The van der Waals surface area contributed by atoms with Crippen LogP contribution in [-0.4, -0.2) is 64.4 Å². The second kappa shape index (κ2) is 9.32. The maximum Gasteiger partial charge on any atom is 0.303 e. The molecule has 7 atom stereocenters. The normalized spacial score (nSPS) is 38.5. The first-order valence-electron chi connectivity index (χ1n) is 12.2. The maximum absolute atomic E-state index is 13.2. The zero-order chi connectivity index (χ0) is 26.5. The van der Waals surface area contributed by atoms with Crippen LogP contribution in [-0.2, 0) is 33.4 Å². The summed E-state index contributed by atoms with van der Waals surface area (Å²) in [7, 11) is 0. The molecule has 9 nitrogen and oxygen atoms in total. The van der Waals surface area contributed by atoms with Gasteiger partial charge in [0.05, 0.1) is 6.10 Å². The third kappa shape index (κ3) is 4.77. The summed E-state index contributed by atoms with van der Waals surface area (Å²) in [4.78, 5) is 49.4. The van der Waals surface area contributed by atoms with Crippen molar-refractivity contribution in [3.8, 4) is 0 Å². The van der Waals surface area contributed by atoms with E-state index in [9.17, 15) is 29.4 Å². The van der Waals surface area contributed by atoms with E-state index >= 15 is 0 Å². The number of hydrogen-bond donors (Lipinski definition) is 2. The first-order valence-corrected chi connectivity index (χ1v) is 12.2. The highest BCUT2D eigenvalue weighted by Gasteiger charge is 2.65. The van der Waals surface area contributed by atoms with Gasteiger partial charge < -0.3 is 24.4 Å². The largest absolute Gasteiger partial charge is 0.463 e. The molecule has 0 aliphatic heterocycles. The number of rotatable bonds is 4. The van der Waals surface area contributed by atoms with Crippen molar-refractivity contribution in [3.63, 3.8) is 0 Å². The second-order valence-corrected chi connectivity index (χ2v) is 11.3. The zero-order valence-corrected chi connectivity index (χ0v) is 21.7. The Balaban J connectivity index is 2.31. The highest BCUT2D eigenvalue weighted by molar-refractivity contribution is 5.97. The lowest BCUT2D eigenvalue weighted by atomic mass is 9.48. The van der Waals surface area contributed by atoms with Gasteiger partial charge in [-0.1, -0.05) is 20.8 Å². The Morgan fingerprint density at radius 1 is 1.03 bits per heavy atom. The average Bonchev–Trinajstić information content (AvgIpc) is 2.70. The SMILES string of the molecule is CC(=O)OC[C@]1(O)[C@@H](O)CC[C@@]2(C)C[C@H](OC(C)=O)C3=C(C)C(=O)C[C@@H]([C@@H](OC(C)=O)[C@@H]21)C3(C)C. The van der Waals surface area contributed by atoms with Crippen LogP contribution < -0.4 is 0 Å². The van der Waals surface area contributed by atoms with Crippen molar-refractivity contribution in [1.29, 1.82) is 0 Å². The van der Waals surface area contributed by atoms with E-state index in [-0.39, 0.29) is 25.0 Å². The molecule has 0 aromatic carbocycles. The standard InChI is InChI=1S/C26H38O9/c1-13-18(30)10-17-22(35-16(4)29)23-25(7,9-8-20(31)26(23,32)12-33-14(2)27)11-19(34-15(3)28)21(13)24(17,5)6/h17,19-20,22-23,31-32H,8-12H2,1-7H3/t17-,19-,20-,22+,23-,25-,26-/m0/s1. The predicted octanol–water partition coefficient (Wildman–Crippen LogP) is 2.26. The Morgan fingerprint density at radius 2 is 1.63 bits per heavy atom. The molecule has 0 saturated heterocycles. The first-order chi connectivity index (χ1) is 16.0. The number of fused-ring (bicyclic) bond motifs is 3. The Hall–Kier alpha value is -2.26. The molecule has 0 amide bonds. The van der Waals surface area contributed by atoms with Gasteiger partial charge in [-0.25, -0.2) is 0 Å². The van der Waals surface area contributed by atoms with Crippen LogP contribution in [0.4, 0.5) is 0 Å². The van der Waals surface area contributed by atoms with Gasteiger partial charge in [0.25, 0.3) is 0 Å². The van der Waals surface area contributed by atoms with Crippen molar-refractivity contribution >= 4 is 23.7 Å². The van der Waals surface area contributed by atoms with E-state index in [1.165, 1.54) is 20.8 Å². The van der Waals surface area contributed by atoms with Gasteiger partial charge in [0.2, 0.25) is 0 Å². The molecule has 3 rings (SSSR count). The van der Waals surface area contributed by atoms with E-state index < -0.39 is 71.1 Å². The minimum absolute atomic E-state index is 0.0550. The number of allylic oxidation sites excluding steroid dienone is 1. The van der Waals surface area contributed by atoms with E-state index in [0.717, 1.165) is 0 Å². The molecule has 0 radical (unpaired) electrons. The van der Waals surface area contributed by atoms with Gasteiger partial charge in [0, 0.05) is 39.0 Å².